The van der Waals surface area contributed by atoms with Gasteiger partial charge in [-0.3, -0.25) is 14.9 Å². The minimum absolute atomic E-state index is 0.165. The van der Waals surface area contributed by atoms with Crippen LogP contribution in [0.4, 0.5) is 5.13 Å². The summed E-state index contributed by atoms with van der Waals surface area (Å²) in [5.74, 6) is 1.79. The standard InChI is InChI=1S/C18H13N3O2S/c1-2-11-19-16(22)12-7-9-13(10-8-12)17(23)21-18-20-14-5-3-4-6-15(14)24-18/h1,3-10H,11H2,(H,19,22)(H,20,21,23). The van der Waals surface area contributed by atoms with Gasteiger partial charge in [-0.25, -0.2) is 4.98 Å². The third-order valence-electron chi connectivity index (χ3n) is 3.27. The van der Waals surface area contributed by atoms with Crippen molar-refractivity contribution in [1.29, 1.82) is 0 Å². The first-order chi connectivity index (χ1) is 11.7. The van der Waals surface area contributed by atoms with Crippen LogP contribution in [0, 0.1) is 12.3 Å². The minimum atomic E-state index is -0.273. The van der Waals surface area contributed by atoms with Crippen LogP contribution in [0.2, 0.25) is 0 Å². The zero-order chi connectivity index (χ0) is 16.9. The third kappa shape index (κ3) is 3.42. The number of carbonyl (C=O) groups excluding carboxylic acids is 2. The second kappa shape index (κ2) is 6.94. The van der Waals surface area contributed by atoms with E-state index in [0.29, 0.717) is 16.3 Å². The molecular formula is C18H13N3O2S. The molecule has 2 aromatic carbocycles. The van der Waals surface area contributed by atoms with Crippen LogP contribution >= 0.6 is 11.3 Å². The molecule has 0 unspecified atom stereocenters. The molecule has 0 saturated heterocycles. The molecule has 2 N–H and O–H groups in total. The molecular weight excluding hydrogens is 322 g/mol. The monoisotopic (exact) mass is 335 g/mol. The Balaban J connectivity index is 1.71. The van der Waals surface area contributed by atoms with Crippen molar-refractivity contribution < 1.29 is 9.59 Å². The number of anilines is 1. The maximum Gasteiger partial charge on any atom is 0.257 e. The number of benzene rings is 2. The Bertz CT molecular complexity index is 906. The van der Waals surface area contributed by atoms with E-state index in [1.807, 2.05) is 24.3 Å². The summed E-state index contributed by atoms with van der Waals surface area (Å²) >= 11 is 1.41. The van der Waals surface area contributed by atoms with Gasteiger partial charge in [0.05, 0.1) is 16.8 Å². The van der Waals surface area contributed by atoms with Crippen molar-refractivity contribution in [3.05, 3.63) is 59.7 Å². The predicted octanol–water partition coefficient (Wildman–Crippen LogP) is 2.91. The lowest BCUT2D eigenvalue weighted by Gasteiger charge is -2.04. The van der Waals surface area contributed by atoms with Gasteiger partial charge in [-0.05, 0) is 36.4 Å². The quantitative estimate of drug-likeness (QED) is 0.720. The van der Waals surface area contributed by atoms with Crippen molar-refractivity contribution in [3.63, 3.8) is 0 Å². The van der Waals surface area contributed by atoms with Gasteiger partial charge in [0.15, 0.2) is 5.13 Å². The second-order valence-electron chi connectivity index (χ2n) is 4.91. The fraction of sp³-hybridized carbons (Fsp3) is 0.0556. The lowest BCUT2D eigenvalue weighted by Crippen LogP contribution is -2.23. The average Bonchev–Trinajstić information content (AvgIpc) is 3.02. The lowest BCUT2D eigenvalue weighted by atomic mass is 10.1. The van der Waals surface area contributed by atoms with Crippen LogP contribution in [0.25, 0.3) is 10.2 Å². The Morgan fingerprint density at radius 2 is 1.71 bits per heavy atom. The SMILES string of the molecule is C#CCNC(=O)c1ccc(C(=O)Nc2nc3ccccc3s2)cc1. The Morgan fingerprint density at radius 1 is 1.04 bits per heavy atom. The number of terminal acetylenes is 1. The minimum Gasteiger partial charge on any atom is -0.341 e. The number of aromatic nitrogens is 1. The van der Waals surface area contributed by atoms with Crippen molar-refractivity contribution in [2.45, 2.75) is 0 Å². The summed E-state index contributed by atoms with van der Waals surface area (Å²) in [5, 5.41) is 5.88. The first-order valence-corrected chi connectivity index (χ1v) is 7.97. The molecule has 0 aliphatic rings. The summed E-state index contributed by atoms with van der Waals surface area (Å²) < 4.78 is 1.01. The number of carbonyl (C=O) groups is 2. The van der Waals surface area contributed by atoms with E-state index in [4.69, 9.17) is 6.42 Å². The summed E-state index contributed by atoms with van der Waals surface area (Å²) in [6, 6.07) is 14.0. The van der Waals surface area contributed by atoms with Gasteiger partial charge in [0.25, 0.3) is 11.8 Å². The van der Waals surface area contributed by atoms with Crippen molar-refractivity contribution in [1.82, 2.24) is 10.3 Å². The molecule has 0 radical (unpaired) electrons. The zero-order valence-electron chi connectivity index (χ0n) is 12.6. The number of rotatable bonds is 4. The third-order valence-corrected chi connectivity index (χ3v) is 4.23. The van der Waals surface area contributed by atoms with Crippen LogP contribution in [0.1, 0.15) is 20.7 Å². The lowest BCUT2D eigenvalue weighted by molar-refractivity contribution is 0.0956. The molecule has 1 heterocycles. The predicted molar refractivity (Wildman–Crippen MR) is 95.2 cm³/mol. The molecule has 0 bridgehead atoms. The highest BCUT2D eigenvalue weighted by Crippen LogP contribution is 2.25. The molecule has 0 aliphatic heterocycles. The van der Waals surface area contributed by atoms with E-state index >= 15 is 0 Å². The van der Waals surface area contributed by atoms with Crippen LogP contribution in [0.5, 0.6) is 0 Å². The highest BCUT2D eigenvalue weighted by Gasteiger charge is 2.11. The number of nitrogens with zero attached hydrogens (tertiary/aromatic N) is 1. The number of fused-ring (bicyclic) bond motifs is 1. The van der Waals surface area contributed by atoms with Crippen LogP contribution in [-0.4, -0.2) is 23.3 Å². The highest BCUT2D eigenvalue weighted by molar-refractivity contribution is 7.22. The number of amides is 2. The average molecular weight is 335 g/mol. The molecule has 5 nitrogen and oxygen atoms in total. The fourth-order valence-corrected chi connectivity index (χ4v) is 2.96. The summed E-state index contributed by atoms with van der Waals surface area (Å²) in [6.07, 6.45) is 5.10. The molecule has 1 aromatic heterocycles. The molecule has 2 amide bonds. The van der Waals surface area contributed by atoms with Crippen molar-refractivity contribution >= 4 is 38.5 Å². The van der Waals surface area contributed by atoms with Crippen LogP contribution in [0.3, 0.4) is 0 Å². The zero-order valence-corrected chi connectivity index (χ0v) is 13.4. The van der Waals surface area contributed by atoms with E-state index in [1.54, 1.807) is 24.3 Å². The van der Waals surface area contributed by atoms with Crippen molar-refractivity contribution in [3.8, 4) is 12.3 Å². The van der Waals surface area contributed by atoms with E-state index < -0.39 is 0 Å². The van der Waals surface area contributed by atoms with Gasteiger partial charge in [0.2, 0.25) is 0 Å². The van der Waals surface area contributed by atoms with E-state index in [1.165, 1.54) is 11.3 Å². The summed E-state index contributed by atoms with van der Waals surface area (Å²) in [5.41, 5.74) is 1.74. The number of hydrogen-bond donors (Lipinski definition) is 2. The molecule has 6 heteroatoms. The molecule has 3 rings (SSSR count). The molecule has 0 saturated carbocycles. The fourth-order valence-electron chi connectivity index (χ4n) is 2.10. The summed E-state index contributed by atoms with van der Waals surface area (Å²) in [4.78, 5) is 28.4. The van der Waals surface area contributed by atoms with Gasteiger partial charge in [0.1, 0.15) is 0 Å². The smallest absolute Gasteiger partial charge is 0.257 e. The Morgan fingerprint density at radius 3 is 2.38 bits per heavy atom. The van der Waals surface area contributed by atoms with Crippen LogP contribution in [-0.2, 0) is 0 Å². The van der Waals surface area contributed by atoms with Gasteiger partial charge in [-0.2, -0.15) is 0 Å². The number of thiazole rings is 1. The molecule has 0 spiro atoms. The van der Waals surface area contributed by atoms with Crippen LogP contribution in [0.15, 0.2) is 48.5 Å². The number of nitrogens with one attached hydrogen (secondary N) is 2. The largest absolute Gasteiger partial charge is 0.341 e. The summed E-state index contributed by atoms with van der Waals surface area (Å²) in [7, 11) is 0. The van der Waals surface area contributed by atoms with E-state index in [9.17, 15) is 9.59 Å². The molecule has 3 aromatic rings. The van der Waals surface area contributed by atoms with Gasteiger partial charge >= 0.3 is 0 Å². The van der Waals surface area contributed by atoms with E-state index in [0.717, 1.165) is 10.2 Å². The first kappa shape index (κ1) is 15.7. The van der Waals surface area contributed by atoms with Gasteiger partial charge in [0, 0.05) is 11.1 Å². The first-order valence-electron chi connectivity index (χ1n) is 7.16. The molecule has 0 fully saturated rings. The Hall–Kier alpha value is -3.17. The van der Waals surface area contributed by atoms with Gasteiger partial charge in [-0.1, -0.05) is 29.4 Å². The second-order valence-corrected chi connectivity index (χ2v) is 5.94. The van der Waals surface area contributed by atoms with Crippen LogP contribution < -0.4 is 10.6 Å². The number of para-hydroxylation sites is 1. The Labute approximate surface area is 142 Å². The maximum absolute atomic E-state index is 12.3. The molecule has 24 heavy (non-hydrogen) atoms. The van der Waals surface area contributed by atoms with E-state index in [-0.39, 0.29) is 18.4 Å². The molecule has 0 aliphatic carbocycles. The van der Waals surface area contributed by atoms with Gasteiger partial charge in [-0.15, -0.1) is 6.42 Å². The highest BCUT2D eigenvalue weighted by atomic mass is 32.1. The molecule has 118 valence electrons. The van der Waals surface area contributed by atoms with Gasteiger partial charge < -0.3 is 5.32 Å². The number of hydrogen-bond acceptors (Lipinski definition) is 4. The summed E-state index contributed by atoms with van der Waals surface area (Å²) in [6.45, 7) is 0.165. The van der Waals surface area contributed by atoms with Crippen molar-refractivity contribution in [2.75, 3.05) is 11.9 Å². The van der Waals surface area contributed by atoms with E-state index in [2.05, 4.69) is 21.5 Å². The van der Waals surface area contributed by atoms with Crippen molar-refractivity contribution in [2.24, 2.45) is 0 Å². The topological polar surface area (TPSA) is 71.1 Å². The normalized spacial score (nSPS) is 10.1. The maximum atomic E-state index is 12.3. The Kier molecular flexibility index (Phi) is 4.54. The molecule has 0 atom stereocenters.